The van der Waals surface area contributed by atoms with Crippen LogP contribution in [0.25, 0.3) is 0 Å². The fourth-order valence-electron chi connectivity index (χ4n) is 7.62. The Bertz CT molecular complexity index is 1400. The number of halogens is 1. The van der Waals surface area contributed by atoms with Crippen LogP contribution >= 0.6 is 11.6 Å². The van der Waals surface area contributed by atoms with Crippen LogP contribution in [0.5, 0.6) is 0 Å². The first-order valence-corrected chi connectivity index (χ1v) is 16.1. The largest absolute Gasteiger partial charge is 0.391 e. The summed E-state index contributed by atoms with van der Waals surface area (Å²) in [6, 6.07) is 27.6. The third kappa shape index (κ3) is 6.82. The van der Waals surface area contributed by atoms with Crippen LogP contribution in [0.2, 0.25) is 5.02 Å². The SMILES string of the molecule is O=C(CN1CCC[C@]2(C[C@@H](O)[C@H](c3ccccc3)N(Cc3cccc(Cl)c3)C2=O)C1)N1CCC(Cc2ccccc2)CC1. The highest BCUT2D eigenvalue weighted by Gasteiger charge is 2.53. The highest BCUT2D eigenvalue weighted by atomic mass is 35.5. The van der Waals surface area contributed by atoms with Gasteiger partial charge in [-0.1, -0.05) is 84.4 Å². The van der Waals surface area contributed by atoms with Gasteiger partial charge >= 0.3 is 0 Å². The normalized spacial score (nSPS) is 25.3. The number of amides is 2. The molecule has 6 rings (SSSR count). The maximum absolute atomic E-state index is 14.5. The number of rotatable bonds is 7. The van der Waals surface area contributed by atoms with Crippen molar-refractivity contribution in [3.8, 4) is 0 Å². The zero-order valence-electron chi connectivity index (χ0n) is 24.8. The predicted molar refractivity (Wildman–Crippen MR) is 169 cm³/mol. The van der Waals surface area contributed by atoms with Gasteiger partial charge in [0.25, 0.3) is 0 Å². The fourth-order valence-corrected chi connectivity index (χ4v) is 7.83. The lowest BCUT2D eigenvalue weighted by atomic mass is 9.69. The molecule has 3 aromatic rings. The minimum atomic E-state index is -0.718. The number of carbonyl (C=O) groups excluding carboxylic acids is 2. The molecule has 6 nitrogen and oxygen atoms in total. The van der Waals surface area contributed by atoms with Crippen LogP contribution in [0.3, 0.4) is 0 Å². The molecule has 0 aliphatic carbocycles. The van der Waals surface area contributed by atoms with Crippen molar-refractivity contribution in [2.24, 2.45) is 11.3 Å². The first-order chi connectivity index (χ1) is 20.9. The average molecular weight is 600 g/mol. The topological polar surface area (TPSA) is 64.1 Å². The standard InChI is InChI=1S/C36H42ClN3O3/c37-31-14-7-11-29(22-31)24-40-34(30-12-5-2-6-13-30)32(41)23-36(35(40)43)17-8-18-38(26-36)25-33(42)39-19-15-28(16-20-39)21-27-9-3-1-4-10-27/h1-7,9-14,22,28,32,34,41H,8,15-21,23-26H2/t32-,34+,36+/m1/s1. The van der Waals surface area contributed by atoms with Crippen LogP contribution in [0.4, 0.5) is 0 Å². The Labute approximate surface area is 260 Å². The van der Waals surface area contributed by atoms with E-state index in [1.54, 1.807) is 0 Å². The number of hydrogen-bond donors (Lipinski definition) is 1. The highest BCUT2D eigenvalue weighted by molar-refractivity contribution is 6.30. The molecule has 2 amide bonds. The summed E-state index contributed by atoms with van der Waals surface area (Å²) in [5.41, 5.74) is 2.51. The second kappa shape index (κ2) is 13.2. The molecule has 226 valence electrons. The molecule has 1 spiro atoms. The van der Waals surface area contributed by atoms with Crippen molar-refractivity contribution >= 4 is 23.4 Å². The summed E-state index contributed by atoms with van der Waals surface area (Å²) in [6.07, 6.45) is 4.34. The average Bonchev–Trinajstić information content (AvgIpc) is 3.01. The van der Waals surface area contributed by atoms with Crippen LogP contribution < -0.4 is 0 Å². The lowest BCUT2D eigenvalue weighted by Crippen LogP contribution is -2.61. The first kappa shape index (κ1) is 29.9. The van der Waals surface area contributed by atoms with E-state index < -0.39 is 17.6 Å². The monoisotopic (exact) mass is 599 g/mol. The molecule has 0 unspecified atom stereocenters. The number of aliphatic hydroxyl groups is 1. The van der Waals surface area contributed by atoms with Crippen molar-refractivity contribution in [2.45, 2.75) is 57.2 Å². The van der Waals surface area contributed by atoms with Crippen LogP contribution in [0.15, 0.2) is 84.9 Å². The molecular formula is C36H42ClN3O3. The Balaban J connectivity index is 1.13. The van der Waals surface area contributed by atoms with E-state index >= 15 is 0 Å². The lowest BCUT2D eigenvalue weighted by molar-refractivity contribution is -0.167. The van der Waals surface area contributed by atoms with Gasteiger partial charge in [-0.15, -0.1) is 0 Å². The van der Waals surface area contributed by atoms with Gasteiger partial charge in [0, 0.05) is 31.2 Å². The zero-order chi connectivity index (χ0) is 29.8. The van der Waals surface area contributed by atoms with E-state index in [1.807, 2.05) is 64.4 Å². The third-order valence-corrected chi connectivity index (χ3v) is 9.98. The van der Waals surface area contributed by atoms with Crippen molar-refractivity contribution in [3.63, 3.8) is 0 Å². The predicted octanol–water partition coefficient (Wildman–Crippen LogP) is 5.74. The molecule has 3 saturated heterocycles. The summed E-state index contributed by atoms with van der Waals surface area (Å²) in [6.45, 7) is 3.56. The van der Waals surface area contributed by atoms with Gasteiger partial charge in [0.1, 0.15) is 0 Å². The van der Waals surface area contributed by atoms with Crippen molar-refractivity contribution in [1.82, 2.24) is 14.7 Å². The van der Waals surface area contributed by atoms with Gasteiger partial charge in [-0.25, -0.2) is 0 Å². The molecule has 3 aromatic carbocycles. The van der Waals surface area contributed by atoms with E-state index in [9.17, 15) is 14.7 Å². The molecule has 3 aliphatic heterocycles. The molecule has 3 aliphatic rings. The molecule has 43 heavy (non-hydrogen) atoms. The molecule has 0 saturated carbocycles. The molecule has 3 heterocycles. The van der Waals surface area contributed by atoms with E-state index in [4.69, 9.17) is 11.6 Å². The Morgan fingerprint density at radius 1 is 0.907 bits per heavy atom. The van der Waals surface area contributed by atoms with Gasteiger partial charge in [0.05, 0.1) is 24.1 Å². The van der Waals surface area contributed by atoms with E-state index in [2.05, 4.69) is 35.2 Å². The summed E-state index contributed by atoms with van der Waals surface area (Å²) in [7, 11) is 0. The molecule has 0 aromatic heterocycles. The number of carbonyl (C=O) groups is 2. The fraction of sp³-hybridized carbons (Fsp3) is 0.444. The summed E-state index contributed by atoms with van der Waals surface area (Å²) in [5.74, 6) is 0.816. The maximum Gasteiger partial charge on any atom is 0.236 e. The number of benzene rings is 3. The van der Waals surface area contributed by atoms with E-state index in [-0.39, 0.29) is 11.8 Å². The Morgan fingerprint density at radius 3 is 2.33 bits per heavy atom. The molecular weight excluding hydrogens is 558 g/mol. The molecule has 0 radical (unpaired) electrons. The molecule has 7 heteroatoms. The van der Waals surface area contributed by atoms with Crippen molar-refractivity contribution in [3.05, 3.63) is 107 Å². The van der Waals surface area contributed by atoms with Crippen molar-refractivity contribution in [1.29, 1.82) is 0 Å². The lowest BCUT2D eigenvalue weighted by Gasteiger charge is -2.52. The number of hydrogen-bond acceptors (Lipinski definition) is 4. The molecule has 1 N–H and O–H groups in total. The van der Waals surface area contributed by atoms with Crippen molar-refractivity contribution < 1.29 is 14.7 Å². The van der Waals surface area contributed by atoms with Crippen molar-refractivity contribution in [2.75, 3.05) is 32.7 Å². The van der Waals surface area contributed by atoms with Crippen LogP contribution in [-0.2, 0) is 22.6 Å². The van der Waals surface area contributed by atoms with Gasteiger partial charge in [-0.3, -0.25) is 14.5 Å². The van der Waals surface area contributed by atoms with E-state index in [0.717, 1.165) is 56.4 Å². The number of aliphatic hydroxyl groups excluding tert-OH is 1. The quantitative estimate of drug-likeness (QED) is 0.376. The van der Waals surface area contributed by atoms with Crippen LogP contribution in [0, 0.1) is 11.3 Å². The van der Waals surface area contributed by atoms with Crippen LogP contribution in [-0.4, -0.2) is 70.4 Å². The Kier molecular flexibility index (Phi) is 9.17. The molecule has 3 atom stereocenters. The zero-order valence-corrected chi connectivity index (χ0v) is 25.5. The van der Waals surface area contributed by atoms with E-state index in [1.165, 1.54) is 5.56 Å². The molecule has 3 fully saturated rings. The first-order valence-electron chi connectivity index (χ1n) is 15.7. The third-order valence-electron chi connectivity index (χ3n) is 9.75. The Hall–Kier alpha value is -3.19. The van der Waals surface area contributed by atoms with E-state index in [0.29, 0.717) is 43.4 Å². The summed E-state index contributed by atoms with van der Waals surface area (Å²) >= 11 is 6.30. The smallest absolute Gasteiger partial charge is 0.236 e. The minimum Gasteiger partial charge on any atom is -0.391 e. The van der Waals surface area contributed by atoms with Crippen LogP contribution in [0.1, 0.15) is 54.8 Å². The molecule has 0 bridgehead atoms. The Morgan fingerprint density at radius 2 is 1.60 bits per heavy atom. The maximum atomic E-state index is 14.5. The highest BCUT2D eigenvalue weighted by Crippen LogP contribution is 2.46. The second-order valence-electron chi connectivity index (χ2n) is 12.8. The summed E-state index contributed by atoms with van der Waals surface area (Å²) < 4.78 is 0. The number of likely N-dealkylation sites (tertiary alicyclic amines) is 3. The van der Waals surface area contributed by atoms with Gasteiger partial charge in [0.15, 0.2) is 0 Å². The second-order valence-corrected chi connectivity index (χ2v) is 13.2. The number of nitrogens with zero attached hydrogens (tertiary/aromatic N) is 3. The minimum absolute atomic E-state index is 0.0607. The summed E-state index contributed by atoms with van der Waals surface area (Å²) in [4.78, 5) is 34.0. The summed E-state index contributed by atoms with van der Waals surface area (Å²) in [5, 5.41) is 12.3. The van der Waals surface area contributed by atoms with Gasteiger partial charge in [0.2, 0.25) is 11.8 Å². The number of piperidine rings is 3. The van der Waals surface area contributed by atoms with Gasteiger partial charge < -0.3 is 14.9 Å². The van der Waals surface area contributed by atoms with Gasteiger partial charge in [-0.05, 0) is 79.8 Å². The van der Waals surface area contributed by atoms with Gasteiger partial charge in [-0.2, -0.15) is 0 Å².